The van der Waals surface area contributed by atoms with Gasteiger partial charge >= 0.3 is 5.97 Å². The molecule has 29 heavy (non-hydrogen) atoms. The molecule has 0 fully saturated rings. The summed E-state index contributed by atoms with van der Waals surface area (Å²) in [6.45, 7) is 8.51. The quantitative estimate of drug-likeness (QED) is 0.463. The van der Waals surface area contributed by atoms with E-state index >= 15 is 0 Å². The van der Waals surface area contributed by atoms with Crippen LogP contribution in [0, 0.1) is 0 Å². The number of aromatic carboxylic acids is 1. The van der Waals surface area contributed by atoms with Gasteiger partial charge in [0.25, 0.3) is 0 Å². The van der Waals surface area contributed by atoms with Crippen LogP contribution in [0.2, 0.25) is 0 Å². The Balaban J connectivity index is 1.84. The molecule has 0 aliphatic heterocycles. The standard InChI is InChI=1S/C25H26O4/c1-16(2)18-5-9-21(10-6-18)28-23-13-20(25(26)27)14-24(15-23)29-22-11-7-19(8-12-22)17(3)4/h5-17H,1-4H3,(H,26,27). The van der Waals surface area contributed by atoms with Crippen molar-refractivity contribution < 1.29 is 19.4 Å². The lowest BCUT2D eigenvalue weighted by atomic mass is 10.0. The molecule has 0 spiro atoms. The molecule has 4 heteroatoms. The molecular formula is C25H26O4. The summed E-state index contributed by atoms with van der Waals surface area (Å²) >= 11 is 0. The van der Waals surface area contributed by atoms with Crippen LogP contribution in [0.15, 0.2) is 66.7 Å². The maximum absolute atomic E-state index is 11.5. The van der Waals surface area contributed by atoms with Gasteiger partial charge in [-0.2, -0.15) is 0 Å². The molecule has 3 aromatic carbocycles. The van der Waals surface area contributed by atoms with Crippen LogP contribution in [0.3, 0.4) is 0 Å². The molecule has 3 rings (SSSR count). The minimum absolute atomic E-state index is 0.107. The Kier molecular flexibility index (Phi) is 6.23. The van der Waals surface area contributed by atoms with Gasteiger partial charge in [-0.3, -0.25) is 0 Å². The molecule has 4 nitrogen and oxygen atoms in total. The fraction of sp³-hybridized carbons (Fsp3) is 0.240. The van der Waals surface area contributed by atoms with E-state index in [9.17, 15) is 9.90 Å². The largest absolute Gasteiger partial charge is 0.478 e. The maximum atomic E-state index is 11.5. The van der Waals surface area contributed by atoms with Gasteiger partial charge < -0.3 is 14.6 Å². The van der Waals surface area contributed by atoms with E-state index in [0.29, 0.717) is 34.8 Å². The summed E-state index contributed by atoms with van der Waals surface area (Å²) in [5.41, 5.74) is 2.53. The average Bonchev–Trinajstić information content (AvgIpc) is 2.68. The summed E-state index contributed by atoms with van der Waals surface area (Å²) in [5.74, 6) is 1.94. The highest BCUT2D eigenvalue weighted by Gasteiger charge is 2.11. The molecule has 0 saturated carbocycles. The molecule has 150 valence electrons. The van der Waals surface area contributed by atoms with Crippen molar-refractivity contribution in [3.8, 4) is 23.0 Å². The van der Waals surface area contributed by atoms with Crippen molar-refractivity contribution in [1.82, 2.24) is 0 Å². The molecule has 0 aromatic heterocycles. The van der Waals surface area contributed by atoms with Crippen molar-refractivity contribution in [3.63, 3.8) is 0 Å². The topological polar surface area (TPSA) is 55.8 Å². The first-order valence-electron chi connectivity index (χ1n) is 9.76. The minimum atomic E-state index is -1.04. The van der Waals surface area contributed by atoms with E-state index in [1.54, 1.807) is 6.07 Å². The summed E-state index contributed by atoms with van der Waals surface area (Å²) < 4.78 is 11.8. The van der Waals surface area contributed by atoms with Crippen LogP contribution in [0.5, 0.6) is 23.0 Å². The van der Waals surface area contributed by atoms with Gasteiger partial charge in [-0.15, -0.1) is 0 Å². The second kappa shape index (κ2) is 8.82. The number of carbonyl (C=O) groups is 1. The monoisotopic (exact) mass is 390 g/mol. The zero-order chi connectivity index (χ0) is 21.0. The lowest BCUT2D eigenvalue weighted by Gasteiger charge is -2.12. The number of carboxylic acids is 1. The second-order valence-corrected chi connectivity index (χ2v) is 7.65. The highest BCUT2D eigenvalue weighted by atomic mass is 16.5. The molecule has 0 bridgehead atoms. The molecule has 0 radical (unpaired) electrons. The van der Waals surface area contributed by atoms with Gasteiger partial charge in [-0.25, -0.2) is 4.79 Å². The number of hydrogen-bond donors (Lipinski definition) is 1. The Hall–Kier alpha value is -3.27. The van der Waals surface area contributed by atoms with E-state index in [-0.39, 0.29) is 5.56 Å². The Bertz CT molecular complexity index is 899. The van der Waals surface area contributed by atoms with Crippen molar-refractivity contribution in [2.75, 3.05) is 0 Å². The zero-order valence-corrected chi connectivity index (χ0v) is 17.2. The van der Waals surface area contributed by atoms with Gasteiger partial charge in [0.05, 0.1) is 5.56 Å². The Morgan fingerprint density at radius 2 is 1.03 bits per heavy atom. The van der Waals surface area contributed by atoms with Crippen LogP contribution in [0.25, 0.3) is 0 Å². The summed E-state index contributed by atoms with van der Waals surface area (Å²) in [4.78, 5) is 11.5. The van der Waals surface area contributed by atoms with Crippen LogP contribution in [-0.2, 0) is 0 Å². The summed E-state index contributed by atoms with van der Waals surface area (Å²) in [7, 11) is 0. The number of ether oxygens (including phenoxy) is 2. The summed E-state index contributed by atoms with van der Waals surface area (Å²) in [6, 6.07) is 20.2. The molecule has 1 N–H and O–H groups in total. The van der Waals surface area contributed by atoms with Crippen LogP contribution in [0.4, 0.5) is 0 Å². The molecule has 0 aliphatic rings. The van der Waals surface area contributed by atoms with Crippen molar-refractivity contribution in [1.29, 1.82) is 0 Å². The predicted molar refractivity (Wildman–Crippen MR) is 115 cm³/mol. The van der Waals surface area contributed by atoms with E-state index in [4.69, 9.17) is 9.47 Å². The third kappa shape index (κ3) is 5.38. The first-order valence-corrected chi connectivity index (χ1v) is 9.76. The molecule has 3 aromatic rings. The molecule has 0 amide bonds. The lowest BCUT2D eigenvalue weighted by Crippen LogP contribution is -1.98. The number of rotatable bonds is 7. The van der Waals surface area contributed by atoms with Crippen LogP contribution >= 0.6 is 0 Å². The van der Waals surface area contributed by atoms with Gasteiger partial charge in [0.2, 0.25) is 0 Å². The molecule has 0 atom stereocenters. The van der Waals surface area contributed by atoms with Crippen LogP contribution in [0.1, 0.15) is 61.0 Å². The van der Waals surface area contributed by atoms with Crippen LogP contribution in [-0.4, -0.2) is 11.1 Å². The van der Waals surface area contributed by atoms with E-state index in [1.165, 1.54) is 23.3 Å². The van der Waals surface area contributed by atoms with Gasteiger partial charge in [0.15, 0.2) is 0 Å². The van der Waals surface area contributed by atoms with E-state index in [2.05, 4.69) is 27.7 Å². The number of carboxylic acid groups (broad SMARTS) is 1. The highest BCUT2D eigenvalue weighted by Crippen LogP contribution is 2.31. The maximum Gasteiger partial charge on any atom is 0.335 e. The normalized spacial score (nSPS) is 11.0. The Morgan fingerprint density at radius 1 is 0.655 bits per heavy atom. The average molecular weight is 390 g/mol. The predicted octanol–water partition coefficient (Wildman–Crippen LogP) is 7.22. The Morgan fingerprint density at radius 3 is 1.34 bits per heavy atom. The number of hydrogen-bond acceptors (Lipinski definition) is 3. The molecule has 0 aliphatic carbocycles. The van der Waals surface area contributed by atoms with Gasteiger partial charge in [-0.05, 0) is 59.4 Å². The lowest BCUT2D eigenvalue weighted by molar-refractivity contribution is 0.0696. The van der Waals surface area contributed by atoms with Crippen molar-refractivity contribution >= 4 is 5.97 Å². The number of benzene rings is 3. The van der Waals surface area contributed by atoms with Crippen molar-refractivity contribution in [2.24, 2.45) is 0 Å². The van der Waals surface area contributed by atoms with Crippen molar-refractivity contribution in [3.05, 3.63) is 83.4 Å². The molecule has 0 unspecified atom stereocenters. The highest BCUT2D eigenvalue weighted by molar-refractivity contribution is 5.88. The third-order valence-electron chi connectivity index (χ3n) is 4.69. The van der Waals surface area contributed by atoms with E-state index < -0.39 is 5.97 Å². The van der Waals surface area contributed by atoms with Gasteiger partial charge in [-0.1, -0.05) is 52.0 Å². The molecular weight excluding hydrogens is 364 g/mol. The SMILES string of the molecule is CC(C)c1ccc(Oc2cc(Oc3ccc(C(C)C)cc3)cc(C(=O)O)c2)cc1. The summed E-state index contributed by atoms with van der Waals surface area (Å²) in [5, 5.41) is 9.45. The minimum Gasteiger partial charge on any atom is -0.478 e. The van der Waals surface area contributed by atoms with Gasteiger partial charge in [0.1, 0.15) is 23.0 Å². The third-order valence-corrected chi connectivity index (χ3v) is 4.69. The molecule has 0 heterocycles. The fourth-order valence-electron chi connectivity index (χ4n) is 2.93. The van der Waals surface area contributed by atoms with E-state index in [1.807, 2.05) is 48.5 Å². The zero-order valence-electron chi connectivity index (χ0n) is 17.2. The Labute approximate surface area is 171 Å². The smallest absolute Gasteiger partial charge is 0.335 e. The van der Waals surface area contributed by atoms with Gasteiger partial charge in [0, 0.05) is 6.07 Å². The second-order valence-electron chi connectivity index (χ2n) is 7.65. The summed E-state index contributed by atoms with van der Waals surface area (Å²) in [6.07, 6.45) is 0. The first-order chi connectivity index (χ1) is 13.8. The van der Waals surface area contributed by atoms with Crippen molar-refractivity contribution in [2.45, 2.75) is 39.5 Å². The first kappa shape index (κ1) is 20.5. The van der Waals surface area contributed by atoms with Crippen LogP contribution < -0.4 is 9.47 Å². The fourth-order valence-corrected chi connectivity index (χ4v) is 2.93. The molecule has 0 saturated heterocycles. The van der Waals surface area contributed by atoms with E-state index in [0.717, 1.165) is 0 Å².